The first-order chi connectivity index (χ1) is 5.24. The summed E-state index contributed by atoms with van der Waals surface area (Å²) >= 11 is 5.96. The van der Waals surface area contributed by atoms with E-state index in [0.29, 0.717) is 0 Å². The fourth-order valence-electron chi connectivity index (χ4n) is 1.20. The van der Waals surface area contributed by atoms with E-state index in [2.05, 4.69) is 16.8 Å². The molecule has 0 spiro atoms. The van der Waals surface area contributed by atoms with Crippen molar-refractivity contribution in [1.82, 2.24) is 9.80 Å². The van der Waals surface area contributed by atoms with Gasteiger partial charge < -0.3 is 9.80 Å². The average Bonchev–Trinajstić information content (AvgIpc) is 2.05. The number of hydrogen-bond acceptors (Lipinski definition) is 2. The number of halogens is 1. The number of piperazine rings is 1. The van der Waals surface area contributed by atoms with E-state index in [-0.39, 0.29) is 0 Å². The molecular weight excluding hydrogens is 160 g/mol. The summed E-state index contributed by atoms with van der Waals surface area (Å²) in [7, 11) is 2.14. The minimum Gasteiger partial charge on any atom is -0.360 e. The Morgan fingerprint density at radius 3 is 2.27 bits per heavy atom. The molecule has 0 aromatic rings. The lowest BCUT2D eigenvalue weighted by atomic mass is 10.3. The highest BCUT2D eigenvalue weighted by atomic mass is 35.5. The molecule has 0 atom stereocenters. The van der Waals surface area contributed by atoms with Crippen molar-refractivity contribution >= 4 is 11.6 Å². The lowest BCUT2D eigenvalue weighted by Crippen LogP contribution is -2.42. The smallest absolute Gasteiger partial charge is 0.100 e. The Morgan fingerprint density at radius 2 is 1.82 bits per heavy atom. The molecule has 0 aromatic heterocycles. The molecular formula is C8H15ClN2. The molecule has 0 amide bonds. The van der Waals surface area contributed by atoms with E-state index in [4.69, 9.17) is 11.6 Å². The predicted octanol–water partition coefficient (Wildman–Crippen LogP) is 1.33. The molecule has 3 heteroatoms. The van der Waals surface area contributed by atoms with Crippen LogP contribution in [-0.2, 0) is 0 Å². The molecule has 1 aliphatic rings. The average molecular weight is 175 g/mol. The quantitative estimate of drug-likeness (QED) is 0.554. The monoisotopic (exact) mass is 174 g/mol. The van der Waals surface area contributed by atoms with Gasteiger partial charge in [0.2, 0.25) is 0 Å². The molecule has 0 N–H and O–H groups in total. The van der Waals surface area contributed by atoms with E-state index in [0.717, 1.165) is 31.3 Å². The second-order valence-electron chi connectivity index (χ2n) is 2.90. The molecule has 0 aliphatic carbocycles. The van der Waals surface area contributed by atoms with Crippen LogP contribution in [0.5, 0.6) is 0 Å². The second-order valence-corrected chi connectivity index (χ2v) is 3.29. The number of allylic oxidation sites excluding steroid dienone is 1. The fourth-order valence-corrected chi connectivity index (χ4v) is 1.37. The van der Waals surface area contributed by atoms with Crippen LogP contribution in [0.15, 0.2) is 11.2 Å². The highest BCUT2D eigenvalue weighted by molar-refractivity contribution is 6.29. The second kappa shape index (κ2) is 3.98. The molecule has 0 aromatic carbocycles. The largest absolute Gasteiger partial charge is 0.360 e. The summed E-state index contributed by atoms with van der Waals surface area (Å²) in [4.78, 5) is 4.53. The van der Waals surface area contributed by atoms with E-state index in [1.165, 1.54) is 0 Å². The van der Waals surface area contributed by atoms with Crippen LogP contribution in [0.3, 0.4) is 0 Å². The molecule has 1 heterocycles. The Labute approximate surface area is 73.4 Å². The van der Waals surface area contributed by atoms with Gasteiger partial charge in [0, 0.05) is 26.2 Å². The number of hydrogen-bond donors (Lipinski definition) is 0. The molecule has 0 bridgehead atoms. The number of nitrogens with zero attached hydrogens (tertiary/aromatic N) is 2. The van der Waals surface area contributed by atoms with Crippen LogP contribution >= 0.6 is 11.6 Å². The SMILES string of the molecule is CC=C(Cl)N1CCN(C)CC1. The van der Waals surface area contributed by atoms with Crippen molar-refractivity contribution < 1.29 is 0 Å². The van der Waals surface area contributed by atoms with Gasteiger partial charge in [0.1, 0.15) is 5.16 Å². The third-order valence-corrected chi connectivity index (χ3v) is 2.50. The van der Waals surface area contributed by atoms with Crippen LogP contribution < -0.4 is 0 Å². The maximum Gasteiger partial charge on any atom is 0.100 e. The summed E-state index contributed by atoms with van der Waals surface area (Å²) in [6.45, 7) is 6.31. The van der Waals surface area contributed by atoms with E-state index in [1.54, 1.807) is 0 Å². The Kier molecular flexibility index (Phi) is 3.21. The van der Waals surface area contributed by atoms with Crippen molar-refractivity contribution in [3.05, 3.63) is 11.2 Å². The topological polar surface area (TPSA) is 6.48 Å². The lowest BCUT2D eigenvalue weighted by Gasteiger charge is -2.33. The van der Waals surface area contributed by atoms with Gasteiger partial charge in [-0.15, -0.1) is 0 Å². The Hall–Kier alpha value is -0.210. The number of rotatable bonds is 1. The molecule has 11 heavy (non-hydrogen) atoms. The fraction of sp³-hybridized carbons (Fsp3) is 0.750. The van der Waals surface area contributed by atoms with Gasteiger partial charge in [-0.1, -0.05) is 17.7 Å². The summed E-state index contributed by atoms with van der Waals surface area (Å²) in [6, 6.07) is 0. The van der Waals surface area contributed by atoms with Crippen molar-refractivity contribution in [1.29, 1.82) is 0 Å². The molecule has 2 nitrogen and oxygen atoms in total. The van der Waals surface area contributed by atoms with Crippen molar-refractivity contribution in [2.24, 2.45) is 0 Å². The van der Waals surface area contributed by atoms with Crippen molar-refractivity contribution in [3.63, 3.8) is 0 Å². The van der Waals surface area contributed by atoms with Gasteiger partial charge in [-0.25, -0.2) is 0 Å². The summed E-state index contributed by atoms with van der Waals surface area (Å²) in [5, 5.41) is 0.887. The van der Waals surface area contributed by atoms with Gasteiger partial charge in [0.05, 0.1) is 0 Å². The molecule has 1 fully saturated rings. The highest BCUT2D eigenvalue weighted by Crippen LogP contribution is 2.11. The molecule has 0 unspecified atom stereocenters. The summed E-state index contributed by atoms with van der Waals surface area (Å²) < 4.78 is 0. The maximum absolute atomic E-state index is 5.96. The van der Waals surface area contributed by atoms with Crippen LogP contribution in [0.2, 0.25) is 0 Å². The van der Waals surface area contributed by atoms with Gasteiger partial charge in [0.15, 0.2) is 0 Å². The van der Waals surface area contributed by atoms with Gasteiger partial charge >= 0.3 is 0 Å². The van der Waals surface area contributed by atoms with E-state index >= 15 is 0 Å². The molecule has 1 rings (SSSR count). The first-order valence-electron chi connectivity index (χ1n) is 3.99. The zero-order valence-corrected chi connectivity index (χ0v) is 7.93. The Morgan fingerprint density at radius 1 is 1.27 bits per heavy atom. The van der Waals surface area contributed by atoms with Crippen LogP contribution in [-0.4, -0.2) is 43.0 Å². The van der Waals surface area contributed by atoms with Crippen LogP contribution in [0.1, 0.15) is 6.92 Å². The minimum atomic E-state index is 0.887. The van der Waals surface area contributed by atoms with Crippen LogP contribution in [0.4, 0.5) is 0 Å². The minimum absolute atomic E-state index is 0.887. The molecule has 64 valence electrons. The first kappa shape index (κ1) is 8.88. The summed E-state index contributed by atoms with van der Waals surface area (Å²) in [6.07, 6.45) is 1.95. The number of likely N-dealkylation sites (N-methyl/N-ethyl adjacent to an activating group) is 1. The van der Waals surface area contributed by atoms with Gasteiger partial charge in [-0.3, -0.25) is 0 Å². The zero-order chi connectivity index (χ0) is 8.27. The van der Waals surface area contributed by atoms with E-state index in [1.807, 2.05) is 13.0 Å². The van der Waals surface area contributed by atoms with Gasteiger partial charge in [-0.05, 0) is 14.0 Å². The van der Waals surface area contributed by atoms with Crippen LogP contribution in [0, 0.1) is 0 Å². The first-order valence-corrected chi connectivity index (χ1v) is 4.37. The van der Waals surface area contributed by atoms with Crippen LogP contribution in [0.25, 0.3) is 0 Å². The van der Waals surface area contributed by atoms with E-state index in [9.17, 15) is 0 Å². The third-order valence-electron chi connectivity index (χ3n) is 2.04. The molecule has 0 radical (unpaired) electrons. The summed E-state index contributed by atoms with van der Waals surface area (Å²) in [5.74, 6) is 0. The molecule has 1 saturated heterocycles. The lowest BCUT2D eigenvalue weighted by molar-refractivity contribution is 0.194. The highest BCUT2D eigenvalue weighted by Gasteiger charge is 2.13. The molecule has 0 saturated carbocycles. The standard InChI is InChI=1S/C8H15ClN2/c1-3-8(9)11-6-4-10(2)5-7-11/h3H,4-7H2,1-2H3. The van der Waals surface area contributed by atoms with Gasteiger partial charge in [-0.2, -0.15) is 0 Å². The Balaban J connectivity index is 2.39. The Bertz CT molecular complexity index is 148. The normalized spacial score (nSPS) is 22.5. The van der Waals surface area contributed by atoms with Gasteiger partial charge in [0.25, 0.3) is 0 Å². The summed E-state index contributed by atoms with van der Waals surface area (Å²) in [5.41, 5.74) is 0. The van der Waals surface area contributed by atoms with Crippen molar-refractivity contribution in [3.8, 4) is 0 Å². The third kappa shape index (κ3) is 2.38. The van der Waals surface area contributed by atoms with Crippen molar-refractivity contribution in [2.45, 2.75) is 6.92 Å². The maximum atomic E-state index is 5.96. The van der Waals surface area contributed by atoms with E-state index < -0.39 is 0 Å². The molecule has 1 aliphatic heterocycles. The predicted molar refractivity (Wildman–Crippen MR) is 48.7 cm³/mol. The zero-order valence-electron chi connectivity index (χ0n) is 7.18. The van der Waals surface area contributed by atoms with Crippen molar-refractivity contribution in [2.75, 3.05) is 33.2 Å².